The van der Waals surface area contributed by atoms with Crippen molar-refractivity contribution in [2.75, 3.05) is 31.1 Å². The van der Waals surface area contributed by atoms with E-state index in [4.69, 9.17) is 4.42 Å². The second-order valence-electron chi connectivity index (χ2n) is 6.74. The monoisotopic (exact) mass is 403 g/mol. The Hall–Kier alpha value is -3.94. The lowest BCUT2D eigenvalue weighted by Crippen LogP contribution is -2.50. The molecule has 2 amide bonds. The lowest BCUT2D eigenvalue weighted by Gasteiger charge is -2.35. The number of hydrogen-bond donors (Lipinski definition) is 1. The number of nitrogens with zero attached hydrogens (tertiary/aromatic N) is 4. The minimum Gasteiger partial charge on any atom is -0.465 e. The van der Waals surface area contributed by atoms with Crippen molar-refractivity contribution in [1.82, 2.24) is 20.2 Å². The third-order valence-corrected chi connectivity index (χ3v) is 4.78. The predicted octanol–water partition coefficient (Wildman–Crippen LogP) is 2.19. The molecule has 1 aliphatic rings. The van der Waals surface area contributed by atoms with Gasteiger partial charge in [-0.05, 0) is 24.3 Å². The van der Waals surface area contributed by atoms with Crippen molar-refractivity contribution in [3.05, 3.63) is 84.3 Å². The zero-order chi connectivity index (χ0) is 20.8. The van der Waals surface area contributed by atoms with Gasteiger partial charge in [0, 0.05) is 50.2 Å². The Balaban J connectivity index is 1.48. The second kappa shape index (κ2) is 9.04. The quantitative estimate of drug-likeness (QED) is 0.657. The number of nitrogens with one attached hydrogen (secondary N) is 1. The molecule has 1 N–H and O–H groups in total. The Kier molecular flexibility index (Phi) is 5.84. The molecule has 8 nitrogen and oxygen atoms in total. The van der Waals surface area contributed by atoms with E-state index in [9.17, 15) is 9.59 Å². The number of hydrogen-bond acceptors (Lipinski definition) is 6. The maximum atomic E-state index is 13.2. The van der Waals surface area contributed by atoms with E-state index in [-0.39, 0.29) is 17.5 Å². The van der Waals surface area contributed by atoms with Crippen molar-refractivity contribution in [2.45, 2.75) is 0 Å². The van der Waals surface area contributed by atoms with Crippen molar-refractivity contribution in [2.24, 2.45) is 0 Å². The molecular formula is C22H21N5O3. The molecule has 4 rings (SSSR count). The molecule has 1 fully saturated rings. The van der Waals surface area contributed by atoms with Gasteiger partial charge in [0.05, 0.1) is 12.5 Å². The van der Waals surface area contributed by atoms with Crippen molar-refractivity contribution in [1.29, 1.82) is 0 Å². The van der Waals surface area contributed by atoms with E-state index in [0.29, 0.717) is 37.5 Å². The van der Waals surface area contributed by atoms with Gasteiger partial charge in [-0.25, -0.2) is 4.98 Å². The average molecular weight is 403 g/mol. The van der Waals surface area contributed by atoms with Gasteiger partial charge >= 0.3 is 0 Å². The van der Waals surface area contributed by atoms with E-state index in [0.717, 1.165) is 5.82 Å². The van der Waals surface area contributed by atoms with Gasteiger partial charge in [-0.15, -0.1) is 0 Å². The molecule has 1 saturated heterocycles. The first-order valence-corrected chi connectivity index (χ1v) is 9.62. The SMILES string of the molecule is O=C(N/C(=C/c1ccco1)C(=O)N1CCN(c2cnccn2)CC1)c1ccccc1. The third-order valence-electron chi connectivity index (χ3n) is 4.78. The summed E-state index contributed by atoms with van der Waals surface area (Å²) in [5.41, 5.74) is 0.648. The van der Waals surface area contributed by atoms with Crippen LogP contribution in [0.3, 0.4) is 0 Å². The second-order valence-corrected chi connectivity index (χ2v) is 6.74. The smallest absolute Gasteiger partial charge is 0.270 e. The molecular weight excluding hydrogens is 382 g/mol. The van der Waals surface area contributed by atoms with Crippen LogP contribution in [0.2, 0.25) is 0 Å². The largest absolute Gasteiger partial charge is 0.465 e. The van der Waals surface area contributed by atoms with Gasteiger partial charge < -0.3 is 19.5 Å². The summed E-state index contributed by atoms with van der Waals surface area (Å²) in [6.07, 6.45) is 8.06. The molecule has 0 saturated carbocycles. The summed E-state index contributed by atoms with van der Waals surface area (Å²) < 4.78 is 5.34. The molecule has 1 aromatic carbocycles. The van der Waals surface area contributed by atoms with Crippen LogP contribution in [0, 0.1) is 0 Å². The molecule has 3 heterocycles. The highest BCUT2D eigenvalue weighted by Gasteiger charge is 2.26. The highest BCUT2D eigenvalue weighted by Crippen LogP contribution is 2.15. The fourth-order valence-electron chi connectivity index (χ4n) is 3.21. The molecule has 0 atom stereocenters. The highest BCUT2D eigenvalue weighted by atomic mass is 16.3. The summed E-state index contributed by atoms with van der Waals surface area (Å²) in [5, 5.41) is 2.75. The van der Waals surface area contributed by atoms with Crippen LogP contribution in [0.5, 0.6) is 0 Å². The average Bonchev–Trinajstić information content (AvgIpc) is 3.32. The predicted molar refractivity (Wildman–Crippen MR) is 111 cm³/mol. The summed E-state index contributed by atoms with van der Waals surface area (Å²) in [5.74, 6) is 0.674. The maximum Gasteiger partial charge on any atom is 0.270 e. The Morgan fingerprint density at radius 1 is 1.00 bits per heavy atom. The number of amides is 2. The molecule has 1 aliphatic heterocycles. The number of anilines is 1. The fraction of sp³-hybridized carbons (Fsp3) is 0.182. The van der Waals surface area contributed by atoms with Crippen LogP contribution in [0.4, 0.5) is 5.82 Å². The van der Waals surface area contributed by atoms with E-state index < -0.39 is 0 Å². The summed E-state index contributed by atoms with van der Waals surface area (Å²) in [4.78, 5) is 38.0. The van der Waals surface area contributed by atoms with Gasteiger partial charge in [0.15, 0.2) is 0 Å². The van der Waals surface area contributed by atoms with E-state index >= 15 is 0 Å². The summed E-state index contributed by atoms with van der Waals surface area (Å²) >= 11 is 0. The van der Waals surface area contributed by atoms with Gasteiger partial charge in [-0.1, -0.05) is 18.2 Å². The lowest BCUT2D eigenvalue weighted by atomic mass is 10.2. The Morgan fingerprint density at radius 3 is 2.47 bits per heavy atom. The number of benzene rings is 1. The van der Waals surface area contributed by atoms with E-state index in [1.165, 1.54) is 6.26 Å². The van der Waals surface area contributed by atoms with E-state index in [1.807, 2.05) is 6.07 Å². The molecule has 0 spiro atoms. The maximum absolute atomic E-state index is 13.2. The van der Waals surface area contributed by atoms with E-state index in [1.54, 1.807) is 66.0 Å². The Bertz CT molecular complexity index is 1010. The number of furan rings is 1. The zero-order valence-electron chi connectivity index (χ0n) is 16.3. The molecule has 0 bridgehead atoms. The summed E-state index contributed by atoms with van der Waals surface area (Å²) in [6.45, 7) is 2.27. The number of rotatable bonds is 5. The first kappa shape index (κ1) is 19.4. The van der Waals surface area contributed by atoms with Crippen LogP contribution < -0.4 is 10.2 Å². The summed E-state index contributed by atoms with van der Waals surface area (Å²) in [7, 11) is 0. The molecule has 30 heavy (non-hydrogen) atoms. The van der Waals surface area contributed by atoms with Gasteiger partial charge in [0.25, 0.3) is 11.8 Å². The van der Waals surface area contributed by atoms with Crippen LogP contribution in [0.1, 0.15) is 16.1 Å². The van der Waals surface area contributed by atoms with Crippen molar-refractivity contribution in [3.63, 3.8) is 0 Å². The van der Waals surface area contributed by atoms with Gasteiger partial charge in [-0.2, -0.15) is 0 Å². The molecule has 8 heteroatoms. The minimum atomic E-state index is -0.347. The molecule has 0 aliphatic carbocycles. The van der Waals surface area contributed by atoms with Crippen molar-refractivity contribution >= 4 is 23.7 Å². The lowest BCUT2D eigenvalue weighted by molar-refractivity contribution is -0.127. The Labute approximate surface area is 173 Å². The Morgan fingerprint density at radius 2 is 1.80 bits per heavy atom. The first-order valence-electron chi connectivity index (χ1n) is 9.62. The van der Waals surface area contributed by atoms with Gasteiger partial charge in [-0.3, -0.25) is 14.6 Å². The third kappa shape index (κ3) is 4.54. The molecule has 0 radical (unpaired) electrons. The summed E-state index contributed by atoms with van der Waals surface area (Å²) in [6, 6.07) is 12.2. The van der Waals surface area contributed by atoms with Gasteiger partial charge in [0.1, 0.15) is 17.3 Å². The molecule has 152 valence electrons. The van der Waals surface area contributed by atoms with Gasteiger partial charge in [0.2, 0.25) is 0 Å². The van der Waals surface area contributed by atoms with Crippen LogP contribution >= 0.6 is 0 Å². The highest BCUT2D eigenvalue weighted by molar-refractivity contribution is 6.05. The number of aromatic nitrogens is 2. The van der Waals surface area contributed by atoms with Crippen molar-refractivity contribution < 1.29 is 14.0 Å². The van der Waals surface area contributed by atoms with Crippen LogP contribution in [0.15, 0.2) is 77.4 Å². The van der Waals surface area contributed by atoms with Crippen LogP contribution in [-0.2, 0) is 4.79 Å². The number of piperazine rings is 1. The molecule has 0 unspecified atom stereocenters. The van der Waals surface area contributed by atoms with Crippen LogP contribution in [0.25, 0.3) is 6.08 Å². The topological polar surface area (TPSA) is 91.6 Å². The zero-order valence-corrected chi connectivity index (χ0v) is 16.3. The van der Waals surface area contributed by atoms with E-state index in [2.05, 4.69) is 20.2 Å². The fourth-order valence-corrected chi connectivity index (χ4v) is 3.21. The van der Waals surface area contributed by atoms with Crippen LogP contribution in [-0.4, -0.2) is 52.9 Å². The number of carbonyl (C=O) groups is 2. The first-order chi connectivity index (χ1) is 14.7. The standard InChI is InChI=1S/C22H21N5O3/c28-21(17-5-2-1-3-6-17)25-19(15-18-7-4-14-30-18)22(29)27-12-10-26(11-13-27)20-16-23-8-9-24-20/h1-9,14-16H,10-13H2,(H,25,28)/b19-15+. The molecule has 3 aromatic rings. The van der Waals surface area contributed by atoms with Crippen molar-refractivity contribution in [3.8, 4) is 0 Å². The molecule has 2 aromatic heterocycles. The number of carbonyl (C=O) groups excluding carboxylic acids is 2. The normalized spacial score (nSPS) is 14.5. The minimum absolute atomic E-state index is 0.173.